The van der Waals surface area contributed by atoms with Gasteiger partial charge in [-0.1, -0.05) is 0 Å². The Morgan fingerprint density at radius 3 is 2.00 bits per heavy atom. The summed E-state index contributed by atoms with van der Waals surface area (Å²) in [7, 11) is -3.36. The van der Waals surface area contributed by atoms with Gasteiger partial charge in [0.1, 0.15) is 11.0 Å². The number of rotatable bonds is 5. The SMILES string of the molecule is CC(C)Oc1ccc(C(=O)C(C)S(C)(=O)=O)cc1. The first-order valence-corrected chi connectivity index (χ1v) is 7.67. The molecule has 0 heterocycles. The molecule has 0 radical (unpaired) electrons. The zero-order valence-corrected chi connectivity index (χ0v) is 11.8. The highest BCUT2D eigenvalue weighted by Gasteiger charge is 2.24. The van der Waals surface area contributed by atoms with Gasteiger partial charge in [0.25, 0.3) is 0 Å². The first kappa shape index (κ1) is 14.7. The van der Waals surface area contributed by atoms with Gasteiger partial charge in [-0.2, -0.15) is 0 Å². The summed E-state index contributed by atoms with van der Waals surface area (Å²) in [6.07, 6.45) is 1.12. The third kappa shape index (κ3) is 3.84. The van der Waals surface area contributed by atoms with Crippen molar-refractivity contribution in [2.24, 2.45) is 0 Å². The molecule has 100 valence electrons. The molecule has 1 aromatic rings. The second kappa shape index (κ2) is 5.52. The number of carbonyl (C=O) groups is 1. The molecule has 0 bridgehead atoms. The minimum atomic E-state index is -3.36. The molecule has 0 aliphatic carbocycles. The van der Waals surface area contributed by atoms with E-state index in [4.69, 9.17) is 4.74 Å². The lowest BCUT2D eigenvalue weighted by molar-refractivity contribution is 0.0991. The van der Waals surface area contributed by atoms with Crippen LogP contribution in [-0.2, 0) is 9.84 Å². The molecule has 5 heteroatoms. The van der Waals surface area contributed by atoms with Crippen molar-refractivity contribution in [3.05, 3.63) is 29.8 Å². The fourth-order valence-electron chi connectivity index (χ4n) is 1.40. The van der Waals surface area contributed by atoms with E-state index < -0.39 is 20.9 Å². The standard InChI is InChI=1S/C13H18O4S/c1-9(2)17-12-7-5-11(6-8-12)13(14)10(3)18(4,15)16/h5-10H,1-4H3. The fourth-order valence-corrected chi connectivity index (χ4v) is 1.92. The smallest absolute Gasteiger partial charge is 0.180 e. The van der Waals surface area contributed by atoms with Crippen molar-refractivity contribution in [3.8, 4) is 5.75 Å². The van der Waals surface area contributed by atoms with Crippen molar-refractivity contribution in [3.63, 3.8) is 0 Å². The first-order chi connectivity index (χ1) is 8.21. The maximum absolute atomic E-state index is 11.9. The van der Waals surface area contributed by atoms with Crippen molar-refractivity contribution in [2.45, 2.75) is 32.1 Å². The molecule has 1 atom stereocenters. The summed E-state index contributed by atoms with van der Waals surface area (Å²) < 4.78 is 28.1. The Labute approximate surface area is 108 Å². The number of carbonyl (C=O) groups excluding carboxylic acids is 1. The highest BCUT2D eigenvalue weighted by atomic mass is 32.2. The molecule has 0 amide bonds. The summed E-state index contributed by atoms with van der Waals surface area (Å²) in [6, 6.07) is 6.51. The normalized spacial score (nSPS) is 13.4. The fraction of sp³-hybridized carbons (Fsp3) is 0.462. The van der Waals surface area contributed by atoms with Crippen LogP contribution in [0.2, 0.25) is 0 Å². The topological polar surface area (TPSA) is 60.4 Å². The average Bonchev–Trinajstić information content (AvgIpc) is 2.26. The van der Waals surface area contributed by atoms with Gasteiger partial charge in [0.2, 0.25) is 0 Å². The largest absolute Gasteiger partial charge is 0.491 e. The predicted octanol–water partition coefficient (Wildman–Crippen LogP) is 2.09. The lowest BCUT2D eigenvalue weighted by Gasteiger charge is -2.11. The van der Waals surface area contributed by atoms with Crippen LogP contribution in [0.15, 0.2) is 24.3 Å². The summed E-state index contributed by atoms with van der Waals surface area (Å²) in [6.45, 7) is 5.21. The first-order valence-electron chi connectivity index (χ1n) is 5.71. The van der Waals surface area contributed by atoms with Crippen LogP contribution in [0, 0.1) is 0 Å². The molecule has 1 aromatic carbocycles. The van der Waals surface area contributed by atoms with Gasteiger partial charge in [0.05, 0.1) is 6.10 Å². The second-order valence-electron chi connectivity index (χ2n) is 4.53. The van der Waals surface area contributed by atoms with Gasteiger partial charge in [0, 0.05) is 11.8 Å². The van der Waals surface area contributed by atoms with E-state index in [1.807, 2.05) is 13.8 Å². The number of Topliss-reactive ketones (excluding diaryl/α,β-unsaturated/α-hetero) is 1. The number of sulfone groups is 1. The Hall–Kier alpha value is -1.36. The molecule has 0 fully saturated rings. The molecule has 0 aromatic heterocycles. The minimum absolute atomic E-state index is 0.0569. The van der Waals surface area contributed by atoms with E-state index in [-0.39, 0.29) is 6.10 Å². The minimum Gasteiger partial charge on any atom is -0.491 e. The van der Waals surface area contributed by atoms with Gasteiger partial charge in [-0.05, 0) is 45.0 Å². The predicted molar refractivity (Wildman–Crippen MR) is 70.8 cm³/mol. The highest BCUT2D eigenvalue weighted by molar-refractivity contribution is 7.92. The molecule has 0 aliphatic rings. The van der Waals surface area contributed by atoms with Crippen molar-refractivity contribution in [1.29, 1.82) is 0 Å². The number of ketones is 1. The van der Waals surface area contributed by atoms with Crippen LogP contribution in [0.5, 0.6) is 5.75 Å². The number of hydrogen-bond donors (Lipinski definition) is 0. The molecule has 0 saturated carbocycles. The molecule has 0 saturated heterocycles. The van der Waals surface area contributed by atoms with Crippen LogP contribution < -0.4 is 4.74 Å². The van der Waals surface area contributed by atoms with Gasteiger partial charge in [-0.15, -0.1) is 0 Å². The Kier molecular flexibility index (Phi) is 4.51. The molecular weight excluding hydrogens is 252 g/mol. The number of benzene rings is 1. The number of ether oxygens (including phenoxy) is 1. The average molecular weight is 270 g/mol. The van der Waals surface area contributed by atoms with E-state index in [9.17, 15) is 13.2 Å². The van der Waals surface area contributed by atoms with Crippen LogP contribution in [0.4, 0.5) is 0 Å². The Balaban J connectivity index is 2.89. The summed E-state index contributed by atoms with van der Waals surface area (Å²) in [5.41, 5.74) is 0.379. The van der Waals surface area contributed by atoms with Gasteiger partial charge in [-0.25, -0.2) is 8.42 Å². The Morgan fingerprint density at radius 2 is 1.61 bits per heavy atom. The van der Waals surface area contributed by atoms with E-state index in [1.54, 1.807) is 24.3 Å². The molecule has 0 spiro atoms. The van der Waals surface area contributed by atoms with Crippen molar-refractivity contribution >= 4 is 15.6 Å². The van der Waals surface area contributed by atoms with Crippen LogP contribution in [0.25, 0.3) is 0 Å². The van der Waals surface area contributed by atoms with Crippen LogP contribution in [0.1, 0.15) is 31.1 Å². The number of hydrogen-bond acceptors (Lipinski definition) is 4. The molecular formula is C13H18O4S. The molecule has 1 unspecified atom stereocenters. The van der Waals surface area contributed by atoms with Crippen molar-refractivity contribution < 1.29 is 17.9 Å². The van der Waals surface area contributed by atoms with Crippen molar-refractivity contribution in [1.82, 2.24) is 0 Å². The van der Waals surface area contributed by atoms with E-state index in [0.29, 0.717) is 11.3 Å². The molecule has 4 nitrogen and oxygen atoms in total. The molecule has 0 aliphatic heterocycles. The van der Waals surface area contributed by atoms with E-state index in [2.05, 4.69) is 0 Å². The Bertz CT molecular complexity index is 514. The van der Waals surface area contributed by atoms with Gasteiger partial charge < -0.3 is 4.74 Å². The molecule has 18 heavy (non-hydrogen) atoms. The monoisotopic (exact) mass is 270 g/mol. The summed E-state index contributed by atoms with van der Waals surface area (Å²) >= 11 is 0. The van der Waals surface area contributed by atoms with Crippen molar-refractivity contribution in [2.75, 3.05) is 6.26 Å². The van der Waals surface area contributed by atoms with E-state index >= 15 is 0 Å². The van der Waals surface area contributed by atoms with E-state index in [1.165, 1.54) is 6.92 Å². The lowest BCUT2D eigenvalue weighted by Crippen LogP contribution is -2.26. The Morgan fingerprint density at radius 1 is 1.11 bits per heavy atom. The third-order valence-corrected chi connectivity index (χ3v) is 4.02. The quantitative estimate of drug-likeness (QED) is 0.769. The van der Waals surface area contributed by atoms with Crippen LogP contribution in [-0.4, -0.2) is 31.8 Å². The maximum atomic E-state index is 11.9. The van der Waals surface area contributed by atoms with Gasteiger partial charge in [-0.3, -0.25) is 4.79 Å². The van der Waals surface area contributed by atoms with Gasteiger partial charge in [0.15, 0.2) is 15.6 Å². The maximum Gasteiger partial charge on any atom is 0.180 e. The zero-order valence-electron chi connectivity index (χ0n) is 11.0. The summed E-state index contributed by atoms with van der Waals surface area (Å²) in [5.74, 6) is 0.266. The van der Waals surface area contributed by atoms with Crippen LogP contribution in [0.3, 0.4) is 0 Å². The molecule has 1 rings (SSSR count). The molecule has 0 N–H and O–H groups in total. The van der Waals surface area contributed by atoms with Crippen LogP contribution >= 0.6 is 0 Å². The lowest BCUT2D eigenvalue weighted by atomic mass is 10.1. The third-order valence-electron chi connectivity index (χ3n) is 2.52. The summed E-state index contributed by atoms with van der Waals surface area (Å²) in [5, 5.41) is -1.02. The van der Waals surface area contributed by atoms with Gasteiger partial charge >= 0.3 is 0 Å². The second-order valence-corrected chi connectivity index (χ2v) is 6.89. The zero-order chi connectivity index (χ0) is 13.9. The highest BCUT2D eigenvalue weighted by Crippen LogP contribution is 2.16. The van der Waals surface area contributed by atoms with E-state index in [0.717, 1.165) is 6.26 Å². The summed E-state index contributed by atoms with van der Waals surface area (Å²) in [4.78, 5) is 11.9.